The number of nitrogens with zero attached hydrogens (tertiary/aromatic N) is 4. The molecule has 1 aliphatic rings. The van der Waals surface area contributed by atoms with Crippen molar-refractivity contribution in [3.63, 3.8) is 0 Å². The van der Waals surface area contributed by atoms with Crippen molar-refractivity contribution in [2.45, 2.75) is 0 Å². The summed E-state index contributed by atoms with van der Waals surface area (Å²) in [5, 5.41) is 5.29. The van der Waals surface area contributed by atoms with Crippen LogP contribution in [0.3, 0.4) is 0 Å². The molecule has 0 bridgehead atoms. The van der Waals surface area contributed by atoms with Crippen molar-refractivity contribution < 1.29 is 9.47 Å². The Kier molecular flexibility index (Phi) is 3.35. The van der Waals surface area contributed by atoms with E-state index in [2.05, 4.69) is 16.1 Å². The Morgan fingerprint density at radius 3 is 2.42 bits per heavy atom. The standard InChI is InChI=1S/C20H16N4O2/c1-24-18(4-7-22-24)17-10-14(13-2-5-21-6-3-13)15-11-19-20(12-16(15)23-17)26-9-8-25-19/h2-7,10-12H,8-9H2,1H3. The molecular weight excluding hydrogens is 328 g/mol. The fraction of sp³-hybridized carbons (Fsp3) is 0.150. The minimum atomic E-state index is 0.553. The molecule has 6 heteroatoms. The molecule has 6 nitrogen and oxygen atoms in total. The lowest BCUT2D eigenvalue weighted by Crippen LogP contribution is -2.15. The van der Waals surface area contributed by atoms with Crippen molar-refractivity contribution >= 4 is 10.9 Å². The number of hydrogen-bond donors (Lipinski definition) is 0. The van der Waals surface area contributed by atoms with Crippen LogP contribution < -0.4 is 9.47 Å². The Bertz CT molecular complexity index is 1110. The second-order valence-electron chi connectivity index (χ2n) is 6.14. The Labute approximate surface area is 150 Å². The Morgan fingerprint density at radius 2 is 1.69 bits per heavy atom. The fourth-order valence-corrected chi connectivity index (χ4v) is 3.29. The number of rotatable bonds is 2. The van der Waals surface area contributed by atoms with Gasteiger partial charge in [-0.2, -0.15) is 5.10 Å². The number of aromatic nitrogens is 4. The lowest BCUT2D eigenvalue weighted by molar-refractivity contribution is 0.172. The predicted octanol–water partition coefficient (Wildman–Crippen LogP) is 3.47. The van der Waals surface area contributed by atoms with Gasteiger partial charge in [0.05, 0.1) is 16.9 Å². The SMILES string of the molecule is Cn1nccc1-c1cc(-c2ccncc2)c2cc3c(cc2n1)OCCO3. The summed E-state index contributed by atoms with van der Waals surface area (Å²) < 4.78 is 13.3. The van der Waals surface area contributed by atoms with Crippen LogP contribution >= 0.6 is 0 Å². The van der Waals surface area contributed by atoms with Gasteiger partial charge < -0.3 is 9.47 Å². The molecule has 1 aliphatic heterocycles. The summed E-state index contributed by atoms with van der Waals surface area (Å²) in [6.45, 7) is 1.11. The third-order valence-corrected chi connectivity index (χ3v) is 4.55. The summed E-state index contributed by atoms with van der Waals surface area (Å²) in [6, 6.07) is 12.0. The van der Waals surface area contributed by atoms with E-state index in [1.165, 1.54) is 0 Å². The maximum Gasteiger partial charge on any atom is 0.163 e. The first-order valence-electron chi connectivity index (χ1n) is 8.43. The monoisotopic (exact) mass is 344 g/mol. The van der Waals surface area contributed by atoms with E-state index in [0.717, 1.165) is 44.9 Å². The minimum absolute atomic E-state index is 0.553. The van der Waals surface area contributed by atoms with E-state index < -0.39 is 0 Å². The van der Waals surface area contributed by atoms with Crippen molar-refractivity contribution in [1.82, 2.24) is 19.7 Å². The normalized spacial score (nSPS) is 13.1. The first-order valence-corrected chi connectivity index (χ1v) is 8.43. The maximum atomic E-state index is 5.76. The van der Waals surface area contributed by atoms with Gasteiger partial charge in [-0.15, -0.1) is 0 Å². The van der Waals surface area contributed by atoms with Crippen molar-refractivity contribution in [3.8, 4) is 34.0 Å². The van der Waals surface area contributed by atoms with E-state index in [-0.39, 0.29) is 0 Å². The lowest BCUT2D eigenvalue weighted by atomic mass is 9.99. The van der Waals surface area contributed by atoms with Crippen molar-refractivity contribution in [3.05, 3.63) is 55.0 Å². The molecular formula is C20H16N4O2. The van der Waals surface area contributed by atoms with Gasteiger partial charge in [-0.25, -0.2) is 4.98 Å². The van der Waals surface area contributed by atoms with Crippen LogP contribution in [0.5, 0.6) is 11.5 Å². The van der Waals surface area contributed by atoms with E-state index in [4.69, 9.17) is 14.5 Å². The molecule has 128 valence electrons. The summed E-state index contributed by atoms with van der Waals surface area (Å²) in [6.07, 6.45) is 5.36. The number of fused-ring (bicyclic) bond motifs is 2. The van der Waals surface area contributed by atoms with Gasteiger partial charge in [0.25, 0.3) is 0 Å². The van der Waals surface area contributed by atoms with E-state index in [9.17, 15) is 0 Å². The molecule has 0 atom stereocenters. The van der Waals surface area contributed by atoms with Crippen molar-refractivity contribution in [2.75, 3.05) is 13.2 Å². The van der Waals surface area contributed by atoms with Crippen LogP contribution in [0.4, 0.5) is 0 Å². The summed E-state index contributed by atoms with van der Waals surface area (Å²) in [7, 11) is 1.91. The summed E-state index contributed by atoms with van der Waals surface area (Å²) in [4.78, 5) is 8.99. The van der Waals surface area contributed by atoms with Gasteiger partial charge >= 0.3 is 0 Å². The second kappa shape index (κ2) is 5.84. The van der Waals surface area contributed by atoms with E-state index >= 15 is 0 Å². The minimum Gasteiger partial charge on any atom is -0.486 e. The van der Waals surface area contributed by atoms with Gasteiger partial charge in [0.1, 0.15) is 13.2 Å². The smallest absolute Gasteiger partial charge is 0.163 e. The average Bonchev–Trinajstić information content (AvgIpc) is 3.12. The summed E-state index contributed by atoms with van der Waals surface area (Å²) in [5.74, 6) is 1.49. The predicted molar refractivity (Wildman–Crippen MR) is 98.2 cm³/mol. The molecule has 0 fully saturated rings. The number of hydrogen-bond acceptors (Lipinski definition) is 5. The van der Waals surface area contributed by atoms with Gasteiger partial charge in [0.2, 0.25) is 0 Å². The maximum absolute atomic E-state index is 5.76. The Morgan fingerprint density at radius 1 is 0.923 bits per heavy atom. The highest BCUT2D eigenvalue weighted by molar-refractivity contribution is 5.98. The first kappa shape index (κ1) is 14.9. The highest BCUT2D eigenvalue weighted by Gasteiger charge is 2.17. The largest absolute Gasteiger partial charge is 0.486 e. The van der Waals surface area contributed by atoms with Gasteiger partial charge in [-0.05, 0) is 41.5 Å². The molecule has 0 radical (unpaired) electrons. The molecule has 1 aromatic carbocycles. The molecule has 4 aromatic rings. The second-order valence-corrected chi connectivity index (χ2v) is 6.14. The third kappa shape index (κ3) is 2.38. The summed E-state index contributed by atoms with van der Waals surface area (Å²) >= 11 is 0. The molecule has 5 rings (SSSR count). The Hall–Kier alpha value is -3.41. The first-order chi connectivity index (χ1) is 12.8. The fourth-order valence-electron chi connectivity index (χ4n) is 3.29. The lowest BCUT2D eigenvalue weighted by Gasteiger charge is -2.20. The third-order valence-electron chi connectivity index (χ3n) is 4.55. The van der Waals surface area contributed by atoms with Gasteiger partial charge in [0.15, 0.2) is 11.5 Å². The zero-order valence-corrected chi connectivity index (χ0v) is 14.2. The van der Waals surface area contributed by atoms with Crippen molar-refractivity contribution in [2.24, 2.45) is 7.05 Å². The summed E-state index contributed by atoms with van der Waals surface area (Å²) in [5.41, 5.74) is 4.83. The molecule has 3 aromatic heterocycles. The van der Waals surface area contributed by atoms with Crippen LogP contribution in [0, 0.1) is 0 Å². The highest BCUT2D eigenvalue weighted by Crippen LogP contribution is 2.39. The number of pyridine rings is 2. The zero-order chi connectivity index (χ0) is 17.5. The van der Waals surface area contributed by atoms with Gasteiger partial charge in [0, 0.05) is 37.1 Å². The quantitative estimate of drug-likeness (QED) is 0.557. The molecule has 0 spiro atoms. The van der Waals surface area contributed by atoms with E-state index in [1.54, 1.807) is 18.6 Å². The molecule has 0 N–H and O–H groups in total. The number of aryl methyl sites for hydroxylation is 1. The molecule has 0 unspecified atom stereocenters. The van der Waals surface area contributed by atoms with Gasteiger partial charge in [-0.3, -0.25) is 9.67 Å². The van der Waals surface area contributed by atoms with Crippen molar-refractivity contribution in [1.29, 1.82) is 0 Å². The Balaban J connectivity index is 1.82. The van der Waals surface area contributed by atoms with Crippen LogP contribution in [-0.4, -0.2) is 33.0 Å². The van der Waals surface area contributed by atoms with Gasteiger partial charge in [-0.1, -0.05) is 0 Å². The molecule has 0 saturated carbocycles. The molecule has 0 aliphatic carbocycles. The van der Waals surface area contributed by atoms with Crippen LogP contribution in [-0.2, 0) is 7.05 Å². The van der Waals surface area contributed by atoms with Crippen LogP contribution in [0.25, 0.3) is 33.4 Å². The molecule has 4 heterocycles. The zero-order valence-electron chi connectivity index (χ0n) is 14.2. The topological polar surface area (TPSA) is 62.1 Å². The van der Waals surface area contributed by atoms with E-state index in [0.29, 0.717) is 13.2 Å². The van der Waals surface area contributed by atoms with E-state index in [1.807, 2.05) is 42.1 Å². The number of ether oxygens (including phenoxy) is 2. The van der Waals surface area contributed by atoms with Crippen LogP contribution in [0.15, 0.2) is 55.0 Å². The molecule has 26 heavy (non-hydrogen) atoms. The average molecular weight is 344 g/mol. The highest BCUT2D eigenvalue weighted by atomic mass is 16.6. The molecule has 0 amide bonds. The molecule has 0 saturated heterocycles. The number of benzene rings is 1. The van der Waals surface area contributed by atoms with Crippen LogP contribution in [0.1, 0.15) is 0 Å². The van der Waals surface area contributed by atoms with Crippen LogP contribution in [0.2, 0.25) is 0 Å².